The minimum absolute atomic E-state index is 0.0536. The summed E-state index contributed by atoms with van der Waals surface area (Å²) in [6.45, 7) is 2.55. The van der Waals surface area contributed by atoms with Crippen LogP contribution in [0.4, 0.5) is 0 Å². The summed E-state index contributed by atoms with van der Waals surface area (Å²) in [7, 11) is -3.50. The van der Waals surface area contributed by atoms with Gasteiger partial charge in [-0.2, -0.15) is 0 Å². The molecule has 116 valence electrons. The van der Waals surface area contributed by atoms with Crippen molar-refractivity contribution in [3.8, 4) is 5.75 Å². The van der Waals surface area contributed by atoms with Crippen molar-refractivity contribution in [1.29, 1.82) is 0 Å². The van der Waals surface area contributed by atoms with Crippen LogP contribution in [0.5, 0.6) is 5.75 Å². The van der Waals surface area contributed by atoms with Crippen LogP contribution in [0.3, 0.4) is 0 Å². The van der Waals surface area contributed by atoms with Gasteiger partial charge in [-0.1, -0.05) is 6.92 Å². The zero-order valence-electron chi connectivity index (χ0n) is 11.8. The van der Waals surface area contributed by atoms with Crippen LogP contribution < -0.4 is 9.46 Å². The lowest BCUT2D eigenvalue weighted by atomic mass is 10.2. The zero-order valence-corrected chi connectivity index (χ0v) is 12.6. The molecule has 6 nitrogen and oxygen atoms in total. The highest BCUT2D eigenvalue weighted by molar-refractivity contribution is 7.89. The number of hydrogen-bond acceptors (Lipinski definition) is 4. The summed E-state index contributed by atoms with van der Waals surface area (Å²) in [4.78, 5) is 10.5. The van der Waals surface area contributed by atoms with Crippen LogP contribution in [-0.2, 0) is 14.8 Å². The average molecular weight is 313 g/mol. The summed E-state index contributed by atoms with van der Waals surface area (Å²) in [6, 6.07) is 5.95. The summed E-state index contributed by atoms with van der Waals surface area (Å²) in [6.07, 6.45) is 2.00. The third-order valence-corrected chi connectivity index (χ3v) is 4.93. The predicted octanol–water partition coefficient (Wildman–Crippen LogP) is 1.62. The van der Waals surface area contributed by atoms with Crippen molar-refractivity contribution < 1.29 is 23.1 Å². The van der Waals surface area contributed by atoms with Gasteiger partial charge in [-0.15, -0.1) is 0 Å². The molecule has 2 N–H and O–H groups in total. The molecule has 0 spiro atoms. The van der Waals surface area contributed by atoms with Crippen LogP contribution in [0.15, 0.2) is 29.2 Å². The van der Waals surface area contributed by atoms with Gasteiger partial charge in [-0.25, -0.2) is 13.1 Å². The number of ether oxygens (including phenoxy) is 1. The van der Waals surface area contributed by atoms with Crippen LogP contribution >= 0.6 is 0 Å². The molecule has 1 aliphatic carbocycles. The second-order valence-corrected chi connectivity index (χ2v) is 7.37. The van der Waals surface area contributed by atoms with Crippen molar-refractivity contribution in [2.45, 2.75) is 31.1 Å². The monoisotopic (exact) mass is 313 g/mol. The van der Waals surface area contributed by atoms with Crippen LogP contribution in [0.1, 0.15) is 26.2 Å². The summed E-state index contributed by atoms with van der Waals surface area (Å²) in [5, 5.41) is 8.50. The van der Waals surface area contributed by atoms with E-state index >= 15 is 0 Å². The fourth-order valence-electron chi connectivity index (χ4n) is 1.71. The molecule has 0 saturated heterocycles. The number of carboxylic acids is 1. The molecule has 1 saturated carbocycles. The molecule has 21 heavy (non-hydrogen) atoms. The molecular weight excluding hydrogens is 294 g/mol. The summed E-state index contributed by atoms with van der Waals surface area (Å²) in [5.41, 5.74) is 0.104. The number of carbonyl (C=O) groups is 1. The lowest BCUT2D eigenvalue weighted by Gasteiger charge is -2.11. The van der Waals surface area contributed by atoms with Gasteiger partial charge in [0.15, 0.2) is 0 Å². The lowest BCUT2D eigenvalue weighted by Crippen LogP contribution is -2.29. The summed E-state index contributed by atoms with van der Waals surface area (Å²) in [5.74, 6) is -0.490. The first-order valence-electron chi connectivity index (χ1n) is 6.75. The highest BCUT2D eigenvalue weighted by atomic mass is 32.2. The normalized spacial score (nSPS) is 16.4. The molecule has 1 aromatic rings. The minimum atomic E-state index is -3.50. The Kier molecular flexibility index (Phi) is 4.53. The Morgan fingerprint density at radius 2 is 1.95 bits per heavy atom. The molecule has 0 unspecified atom stereocenters. The molecule has 1 aliphatic rings. The van der Waals surface area contributed by atoms with Gasteiger partial charge in [0.2, 0.25) is 10.0 Å². The fourth-order valence-corrected chi connectivity index (χ4v) is 2.91. The Hall–Kier alpha value is -1.60. The predicted molar refractivity (Wildman–Crippen MR) is 76.7 cm³/mol. The van der Waals surface area contributed by atoms with Crippen molar-refractivity contribution in [2.24, 2.45) is 5.41 Å². The number of sulfonamides is 1. The Morgan fingerprint density at radius 1 is 1.33 bits per heavy atom. The third-order valence-electron chi connectivity index (χ3n) is 3.51. The van der Waals surface area contributed by atoms with E-state index < -0.39 is 16.0 Å². The van der Waals surface area contributed by atoms with E-state index in [0.29, 0.717) is 12.3 Å². The molecular formula is C14H19NO5S. The van der Waals surface area contributed by atoms with Gasteiger partial charge in [-0.05, 0) is 42.5 Å². The van der Waals surface area contributed by atoms with Gasteiger partial charge >= 0.3 is 5.97 Å². The molecule has 1 aromatic carbocycles. The van der Waals surface area contributed by atoms with E-state index in [1.165, 1.54) is 24.3 Å². The first-order valence-corrected chi connectivity index (χ1v) is 8.23. The second-order valence-electron chi connectivity index (χ2n) is 5.60. The number of carboxylic acid groups (broad SMARTS) is 1. The van der Waals surface area contributed by atoms with Crippen LogP contribution in [-0.4, -0.2) is 32.6 Å². The van der Waals surface area contributed by atoms with E-state index in [2.05, 4.69) is 11.6 Å². The van der Waals surface area contributed by atoms with Gasteiger partial charge < -0.3 is 9.84 Å². The highest BCUT2D eigenvalue weighted by Gasteiger charge is 2.38. The quantitative estimate of drug-likeness (QED) is 0.761. The number of rotatable bonds is 8. The Bertz CT molecular complexity index is 605. The smallest absolute Gasteiger partial charge is 0.306 e. The number of hydrogen-bond donors (Lipinski definition) is 2. The van der Waals surface area contributed by atoms with Crippen LogP contribution in [0.2, 0.25) is 0 Å². The SMILES string of the molecule is CC1(CNS(=O)(=O)c2ccc(OCCC(=O)O)cc2)CC1. The fraction of sp³-hybridized carbons (Fsp3) is 0.500. The van der Waals surface area contributed by atoms with Gasteiger partial charge in [-0.3, -0.25) is 4.79 Å². The van der Waals surface area contributed by atoms with Gasteiger partial charge in [0.25, 0.3) is 0 Å². The largest absolute Gasteiger partial charge is 0.493 e. The van der Waals surface area contributed by atoms with Crippen molar-refractivity contribution >= 4 is 16.0 Å². The van der Waals surface area contributed by atoms with Gasteiger partial charge in [0, 0.05) is 6.54 Å². The van der Waals surface area contributed by atoms with Crippen molar-refractivity contribution in [3.63, 3.8) is 0 Å². The Balaban J connectivity index is 1.92. The standard InChI is InChI=1S/C14H19NO5S/c1-14(7-8-14)10-15-21(18,19)12-4-2-11(3-5-12)20-9-6-13(16)17/h2-5,15H,6-10H2,1H3,(H,16,17). The minimum Gasteiger partial charge on any atom is -0.493 e. The van der Waals surface area contributed by atoms with Gasteiger partial charge in [0.1, 0.15) is 5.75 Å². The van der Waals surface area contributed by atoms with E-state index in [4.69, 9.17) is 9.84 Å². The molecule has 7 heteroatoms. The molecule has 0 radical (unpaired) electrons. The molecule has 0 atom stereocenters. The molecule has 1 fully saturated rings. The van der Waals surface area contributed by atoms with Crippen molar-refractivity contribution in [2.75, 3.05) is 13.2 Å². The first kappa shape index (κ1) is 15.8. The first-order chi connectivity index (χ1) is 9.81. The summed E-state index contributed by atoms with van der Waals surface area (Å²) < 4.78 is 32.0. The molecule has 0 amide bonds. The molecule has 0 aromatic heterocycles. The maximum atomic E-state index is 12.1. The Labute approximate surface area is 124 Å². The van der Waals surface area contributed by atoms with Crippen molar-refractivity contribution in [3.05, 3.63) is 24.3 Å². The van der Waals surface area contributed by atoms with E-state index in [0.717, 1.165) is 12.8 Å². The Morgan fingerprint density at radius 3 is 2.48 bits per heavy atom. The zero-order chi connectivity index (χ0) is 15.5. The van der Waals surface area contributed by atoms with Gasteiger partial charge in [0.05, 0.1) is 17.9 Å². The third kappa shape index (κ3) is 4.71. The maximum Gasteiger partial charge on any atom is 0.306 e. The van der Waals surface area contributed by atoms with E-state index in [-0.39, 0.29) is 23.3 Å². The molecule has 0 aliphatic heterocycles. The number of benzene rings is 1. The number of aliphatic carboxylic acids is 1. The maximum absolute atomic E-state index is 12.1. The number of nitrogens with one attached hydrogen (secondary N) is 1. The van der Waals surface area contributed by atoms with Crippen LogP contribution in [0, 0.1) is 5.41 Å². The lowest BCUT2D eigenvalue weighted by molar-refractivity contribution is -0.137. The van der Waals surface area contributed by atoms with E-state index in [1.807, 2.05) is 0 Å². The summed E-state index contributed by atoms with van der Waals surface area (Å²) >= 11 is 0. The average Bonchev–Trinajstić information content (AvgIpc) is 3.16. The van der Waals surface area contributed by atoms with Crippen molar-refractivity contribution in [1.82, 2.24) is 4.72 Å². The molecule has 2 rings (SSSR count). The molecule has 0 bridgehead atoms. The second kappa shape index (κ2) is 6.03. The topological polar surface area (TPSA) is 92.7 Å². The highest BCUT2D eigenvalue weighted by Crippen LogP contribution is 2.44. The van der Waals surface area contributed by atoms with E-state index in [1.54, 1.807) is 0 Å². The molecule has 0 heterocycles. The van der Waals surface area contributed by atoms with Crippen LogP contribution in [0.25, 0.3) is 0 Å². The van der Waals surface area contributed by atoms with E-state index in [9.17, 15) is 13.2 Å².